The Morgan fingerprint density at radius 1 is 1.07 bits per heavy atom. The van der Waals surface area contributed by atoms with E-state index in [9.17, 15) is 19.7 Å². The van der Waals surface area contributed by atoms with Gasteiger partial charge in [-0.1, -0.05) is 30.3 Å². The molecular weight excluding hydrogens is 362 g/mol. The summed E-state index contributed by atoms with van der Waals surface area (Å²) in [5.41, 5.74) is 1.05. The summed E-state index contributed by atoms with van der Waals surface area (Å²) >= 11 is 0. The highest BCUT2D eigenvalue weighted by atomic mass is 16.6. The van der Waals surface area contributed by atoms with Crippen molar-refractivity contribution in [2.45, 2.75) is 0 Å². The summed E-state index contributed by atoms with van der Waals surface area (Å²) in [6.45, 7) is -0.511. The third-order valence-corrected chi connectivity index (χ3v) is 4.75. The molecule has 0 unspecified atom stereocenters. The van der Waals surface area contributed by atoms with Crippen molar-refractivity contribution in [3.8, 4) is 5.75 Å². The van der Waals surface area contributed by atoms with Gasteiger partial charge < -0.3 is 9.47 Å². The number of hydrogen-bond acceptors (Lipinski definition) is 6. The van der Waals surface area contributed by atoms with Crippen molar-refractivity contribution in [3.05, 3.63) is 92.7 Å². The number of nitrogens with zero attached hydrogens (tertiary/aromatic N) is 1. The molecule has 1 atom stereocenters. The van der Waals surface area contributed by atoms with Crippen molar-refractivity contribution in [2.75, 3.05) is 13.7 Å². The number of Topliss-reactive ketones (excluding diaryl/α,β-unsaturated/α-hetero) is 2. The second kappa shape index (κ2) is 6.77. The number of carbonyl (C=O) groups is 2. The Bertz CT molecular complexity index is 1070. The lowest BCUT2D eigenvalue weighted by Gasteiger charge is -2.28. The molecule has 0 fully saturated rings. The van der Waals surface area contributed by atoms with Crippen molar-refractivity contribution in [1.82, 2.24) is 0 Å². The monoisotopic (exact) mass is 377 g/mol. The van der Waals surface area contributed by atoms with Crippen molar-refractivity contribution in [1.29, 1.82) is 0 Å². The first-order valence-electron chi connectivity index (χ1n) is 8.58. The number of allylic oxidation sites excluding steroid dienone is 1. The van der Waals surface area contributed by atoms with Gasteiger partial charge in [0.1, 0.15) is 11.5 Å². The van der Waals surface area contributed by atoms with Crippen LogP contribution in [0.15, 0.2) is 65.9 Å². The molecule has 0 aromatic heterocycles. The number of ketones is 2. The van der Waals surface area contributed by atoms with Gasteiger partial charge in [0, 0.05) is 21.6 Å². The van der Waals surface area contributed by atoms with Gasteiger partial charge in [-0.3, -0.25) is 19.7 Å². The predicted octanol–water partition coefficient (Wildman–Crippen LogP) is 3.29. The smallest absolute Gasteiger partial charge is 0.229 e. The van der Waals surface area contributed by atoms with Gasteiger partial charge in [-0.15, -0.1) is 0 Å². The van der Waals surface area contributed by atoms with E-state index >= 15 is 0 Å². The summed E-state index contributed by atoms with van der Waals surface area (Å²) in [6, 6.07) is 13.5. The maximum absolute atomic E-state index is 13.1. The van der Waals surface area contributed by atoms with Crippen LogP contribution in [-0.4, -0.2) is 30.1 Å². The summed E-state index contributed by atoms with van der Waals surface area (Å²) in [5.74, 6) is -1.19. The van der Waals surface area contributed by atoms with E-state index < -0.39 is 29.0 Å². The van der Waals surface area contributed by atoms with Gasteiger partial charge >= 0.3 is 0 Å². The van der Waals surface area contributed by atoms with Gasteiger partial charge in [-0.2, -0.15) is 0 Å². The van der Waals surface area contributed by atoms with E-state index in [4.69, 9.17) is 9.47 Å². The standard InChI is InChI=1S/C21H15NO6/c1-27-14-7-8-15-16(10-14)20(24)21-18(19(15)23)13(11-22(25)26)9-17(28-21)12-5-3-2-4-6-12/h2-10,13H,11H2,1H3/t13-/m0/s1. The van der Waals surface area contributed by atoms with Crippen LogP contribution in [0.1, 0.15) is 26.3 Å². The average Bonchev–Trinajstić information content (AvgIpc) is 2.71. The quantitative estimate of drug-likeness (QED) is 0.599. The zero-order chi connectivity index (χ0) is 19.8. The number of carbonyl (C=O) groups excluding carboxylic acids is 2. The van der Waals surface area contributed by atoms with Crippen LogP contribution in [0.4, 0.5) is 0 Å². The van der Waals surface area contributed by atoms with E-state index in [1.165, 1.54) is 25.3 Å². The largest absolute Gasteiger partial charge is 0.497 e. The molecule has 4 rings (SSSR count). The van der Waals surface area contributed by atoms with Crippen LogP contribution < -0.4 is 4.74 Å². The highest BCUT2D eigenvalue weighted by Crippen LogP contribution is 2.39. The Kier molecular flexibility index (Phi) is 4.27. The van der Waals surface area contributed by atoms with Gasteiger partial charge in [-0.25, -0.2) is 0 Å². The molecule has 1 heterocycles. The fraction of sp³-hybridized carbons (Fsp3) is 0.143. The molecule has 0 saturated carbocycles. The van der Waals surface area contributed by atoms with Crippen molar-refractivity contribution < 1.29 is 24.0 Å². The van der Waals surface area contributed by atoms with Gasteiger partial charge in [0.15, 0.2) is 11.5 Å². The minimum absolute atomic E-state index is 0.0269. The molecule has 0 bridgehead atoms. The van der Waals surface area contributed by atoms with E-state index in [2.05, 4.69) is 0 Å². The molecule has 2 aromatic rings. The SMILES string of the molecule is COc1ccc2c(c1)C(=O)C1=C(C2=O)[C@H](C[N+](=O)[O-])C=C(c2ccccc2)O1. The van der Waals surface area contributed by atoms with Crippen LogP contribution in [0.25, 0.3) is 5.76 Å². The minimum atomic E-state index is -0.861. The number of ether oxygens (including phenoxy) is 2. The van der Waals surface area contributed by atoms with Crippen LogP contribution in [0.3, 0.4) is 0 Å². The minimum Gasteiger partial charge on any atom is -0.497 e. The lowest BCUT2D eigenvalue weighted by atomic mass is 9.80. The highest BCUT2D eigenvalue weighted by Gasteiger charge is 2.42. The topological polar surface area (TPSA) is 95.7 Å². The highest BCUT2D eigenvalue weighted by molar-refractivity contribution is 6.27. The molecule has 0 N–H and O–H groups in total. The van der Waals surface area contributed by atoms with Crippen LogP contribution in [0.5, 0.6) is 5.75 Å². The molecule has 28 heavy (non-hydrogen) atoms. The van der Waals surface area contributed by atoms with E-state index in [0.29, 0.717) is 17.1 Å². The number of nitro groups is 1. The van der Waals surface area contributed by atoms with E-state index in [-0.39, 0.29) is 22.5 Å². The zero-order valence-electron chi connectivity index (χ0n) is 14.9. The maximum atomic E-state index is 13.1. The Balaban J connectivity index is 1.84. The zero-order valence-corrected chi connectivity index (χ0v) is 14.9. The van der Waals surface area contributed by atoms with Crippen LogP contribution in [-0.2, 0) is 4.74 Å². The fourth-order valence-corrected chi connectivity index (χ4v) is 3.44. The second-order valence-electron chi connectivity index (χ2n) is 6.43. The number of hydrogen-bond donors (Lipinski definition) is 0. The molecule has 0 spiro atoms. The van der Waals surface area contributed by atoms with E-state index in [0.717, 1.165) is 0 Å². The maximum Gasteiger partial charge on any atom is 0.229 e. The Morgan fingerprint density at radius 3 is 2.50 bits per heavy atom. The van der Waals surface area contributed by atoms with Gasteiger partial charge in [0.25, 0.3) is 0 Å². The first-order valence-corrected chi connectivity index (χ1v) is 8.58. The summed E-state index contributed by atoms with van der Waals surface area (Å²) in [5, 5.41) is 11.2. The van der Waals surface area contributed by atoms with Gasteiger partial charge in [0.2, 0.25) is 12.3 Å². The summed E-state index contributed by atoms with van der Waals surface area (Å²) in [7, 11) is 1.46. The van der Waals surface area contributed by atoms with E-state index in [1.807, 2.05) is 6.07 Å². The third-order valence-electron chi connectivity index (χ3n) is 4.75. The molecule has 140 valence electrons. The molecule has 2 aromatic carbocycles. The molecule has 0 saturated heterocycles. The summed E-state index contributed by atoms with van der Waals surface area (Å²) < 4.78 is 11.0. The molecule has 7 nitrogen and oxygen atoms in total. The number of benzene rings is 2. The van der Waals surface area contributed by atoms with Gasteiger partial charge in [0.05, 0.1) is 18.6 Å². The van der Waals surface area contributed by atoms with Crippen LogP contribution >= 0.6 is 0 Å². The van der Waals surface area contributed by atoms with E-state index in [1.54, 1.807) is 30.3 Å². The molecule has 0 radical (unpaired) electrons. The van der Waals surface area contributed by atoms with Gasteiger partial charge in [-0.05, 0) is 24.3 Å². The lowest BCUT2D eigenvalue weighted by molar-refractivity contribution is -0.484. The van der Waals surface area contributed by atoms with Crippen molar-refractivity contribution in [3.63, 3.8) is 0 Å². The van der Waals surface area contributed by atoms with Crippen molar-refractivity contribution >= 4 is 17.3 Å². The predicted molar refractivity (Wildman–Crippen MR) is 99.5 cm³/mol. The Morgan fingerprint density at radius 2 is 1.82 bits per heavy atom. The molecule has 2 aliphatic rings. The molecule has 7 heteroatoms. The Hall–Kier alpha value is -3.74. The number of methoxy groups -OCH3 is 1. The van der Waals surface area contributed by atoms with Crippen molar-refractivity contribution in [2.24, 2.45) is 5.92 Å². The first-order chi connectivity index (χ1) is 13.5. The Labute approximate surface area is 160 Å². The lowest BCUT2D eigenvalue weighted by Crippen LogP contribution is -2.32. The molecule has 1 aliphatic carbocycles. The van der Waals surface area contributed by atoms with Crippen LogP contribution in [0.2, 0.25) is 0 Å². The van der Waals surface area contributed by atoms with Crippen LogP contribution in [0, 0.1) is 16.0 Å². The molecular formula is C21H15NO6. The normalized spacial score (nSPS) is 18.0. The summed E-state index contributed by atoms with van der Waals surface area (Å²) in [4.78, 5) is 36.8. The summed E-state index contributed by atoms with van der Waals surface area (Å²) in [6.07, 6.45) is 1.54. The number of fused-ring (bicyclic) bond motifs is 1. The molecule has 1 aliphatic heterocycles. The second-order valence-corrected chi connectivity index (χ2v) is 6.43. The number of rotatable bonds is 4. The third kappa shape index (κ3) is 2.87. The molecule has 0 amide bonds. The average molecular weight is 377 g/mol. The fourth-order valence-electron chi connectivity index (χ4n) is 3.44. The first kappa shape index (κ1) is 17.7.